The number of benzene rings is 2. The summed E-state index contributed by atoms with van der Waals surface area (Å²) in [6.07, 6.45) is 3.73. The van der Waals surface area contributed by atoms with Gasteiger partial charge in [0.2, 0.25) is 0 Å². The van der Waals surface area contributed by atoms with Gasteiger partial charge in [0.15, 0.2) is 0 Å². The van der Waals surface area contributed by atoms with Crippen molar-refractivity contribution in [1.29, 1.82) is 0 Å². The summed E-state index contributed by atoms with van der Waals surface area (Å²) >= 11 is 7.91. The van der Waals surface area contributed by atoms with Gasteiger partial charge >= 0.3 is 0 Å². The van der Waals surface area contributed by atoms with Crippen molar-refractivity contribution in [2.45, 2.75) is 13.8 Å². The first-order chi connectivity index (χ1) is 12.1. The number of aryl methyl sites for hydroxylation is 2. The van der Waals surface area contributed by atoms with Gasteiger partial charge in [-0.15, -0.1) is 46.7 Å². The van der Waals surface area contributed by atoms with E-state index in [1.165, 1.54) is 22.3 Å². The molecule has 133 valence electrons. The Morgan fingerprint density at radius 3 is 2.58 bits per heavy atom. The second kappa shape index (κ2) is 7.89. The first kappa shape index (κ1) is 19.1. The van der Waals surface area contributed by atoms with Crippen LogP contribution in [0, 0.1) is 19.9 Å². The van der Waals surface area contributed by atoms with Crippen LogP contribution in [0.4, 0.5) is 0 Å². The summed E-state index contributed by atoms with van der Waals surface area (Å²) in [6, 6.07) is 17.8. The molecule has 4 rings (SSSR count). The first-order valence-corrected chi connectivity index (χ1v) is 9.26. The van der Waals surface area contributed by atoms with E-state index in [2.05, 4.69) is 55.2 Å². The molecular formula is C21H16ClIrN2S-. The van der Waals surface area contributed by atoms with Crippen molar-refractivity contribution in [3.8, 4) is 27.5 Å². The van der Waals surface area contributed by atoms with Gasteiger partial charge in [-0.2, -0.15) is 0 Å². The molecule has 0 amide bonds. The number of imidazole rings is 1. The van der Waals surface area contributed by atoms with E-state index in [9.17, 15) is 0 Å². The van der Waals surface area contributed by atoms with Crippen LogP contribution >= 0.6 is 22.9 Å². The molecule has 0 N–H and O–H groups in total. The van der Waals surface area contributed by atoms with Gasteiger partial charge in [-0.1, -0.05) is 29.8 Å². The second-order valence-corrected chi connectivity index (χ2v) is 7.25. The largest absolute Gasteiger partial charge is 0.330 e. The standard InChI is InChI=1S/C21H16ClN2S.Ir/c1-14-5-3-6-15(2)19(14)16-7-4-8-17(13-16)20-23-10-11-24(20)21-18(22)9-12-25-21;/h3-7,9-13H,1-2H3;/q-1;. The maximum atomic E-state index is 6.31. The molecule has 0 aliphatic rings. The van der Waals surface area contributed by atoms with Crippen LogP contribution in [0.2, 0.25) is 5.02 Å². The molecule has 4 aromatic rings. The monoisotopic (exact) mass is 556 g/mol. The maximum absolute atomic E-state index is 6.31. The summed E-state index contributed by atoms with van der Waals surface area (Å²) in [5.41, 5.74) is 5.93. The second-order valence-electron chi connectivity index (χ2n) is 5.95. The third-order valence-corrected chi connectivity index (χ3v) is 5.60. The van der Waals surface area contributed by atoms with Crippen molar-refractivity contribution in [2.75, 3.05) is 0 Å². The topological polar surface area (TPSA) is 17.8 Å². The molecule has 2 aromatic heterocycles. The van der Waals surface area contributed by atoms with Gasteiger partial charge in [-0.05, 0) is 42.0 Å². The number of halogens is 1. The zero-order chi connectivity index (χ0) is 17.4. The van der Waals surface area contributed by atoms with E-state index in [-0.39, 0.29) is 20.1 Å². The fourth-order valence-electron chi connectivity index (χ4n) is 3.15. The predicted octanol–water partition coefficient (Wildman–Crippen LogP) is 6.34. The van der Waals surface area contributed by atoms with Crippen LogP contribution in [0.3, 0.4) is 0 Å². The Morgan fingerprint density at radius 1 is 1.12 bits per heavy atom. The zero-order valence-corrected chi connectivity index (χ0v) is 18.3. The maximum Gasteiger partial charge on any atom is 0.111 e. The van der Waals surface area contributed by atoms with E-state index in [0.29, 0.717) is 0 Å². The van der Waals surface area contributed by atoms with Gasteiger partial charge in [0.25, 0.3) is 0 Å². The summed E-state index contributed by atoms with van der Waals surface area (Å²) in [7, 11) is 0. The minimum absolute atomic E-state index is 0. The van der Waals surface area contributed by atoms with Gasteiger partial charge in [-0.3, -0.25) is 4.98 Å². The molecule has 0 bridgehead atoms. The van der Waals surface area contributed by atoms with E-state index in [1.807, 2.05) is 28.3 Å². The van der Waals surface area contributed by atoms with Crippen LogP contribution in [-0.4, -0.2) is 9.55 Å². The molecule has 0 fully saturated rings. The summed E-state index contributed by atoms with van der Waals surface area (Å²) in [6.45, 7) is 4.29. The average Bonchev–Trinajstić information content (AvgIpc) is 3.23. The van der Waals surface area contributed by atoms with Crippen molar-refractivity contribution in [3.05, 3.63) is 82.5 Å². The van der Waals surface area contributed by atoms with E-state index in [0.717, 1.165) is 21.4 Å². The molecule has 0 aliphatic heterocycles. The van der Waals surface area contributed by atoms with Gasteiger partial charge < -0.3 is 4.57 Å². The van der Waals surface area contributed by atoms with Crippen molar-refractivity contribution in [1.82, 2.24) is 9.55 Å². The first-order valence-electron chi connectivity index (χ1n) is 8.00. The quantitative estimate of drug-likeness (QED) is 0.270. The molecule has 2 heterocycles. The van der Waals surface area contributed by atoms with Crippen molar-refractivity contribution in [3.63, 3.8) is 0 Å². The van der Waals surface area contributed by atoms with Crippen LogP contribution in [0.1, 0.15) is 11.1 Å². The van der Waals surface area contributed by atoms with Gasteiger partial charge in [0.1, 0.15) is 5.00 Å². The van der Waals surface area contributed by atoms with Crippen molar-refractivity contribution in [2.24, 2.45) is 0 Å². The Kier molecular flexibility index (Phi) is 5.79. The number of hydrogen-bond acceptors (Lipinski definition) is 2. The molecule has 5 heteroatoms. The van der Waals surface area contributed by atoms with E-state index in [1.54, 1.807) is 17.5 Å². The summed E-state index contributed by atoms with van der Waals surface area (Å²) in [5, 5.41) is 3.69. The number of rotatable bonds is 3. The minimum atomic E-state index is 0. The van der Waals surface area contributed by atoms with Crippen LogP contribution in [0.5, 0.6) is 0 Å². The molecule has 0 saturated heterocycles. The van der Waals surface area contributed by atoms with Gasteiger partial charge in [0, 0.05) is 32.5 Å². The molecule has 0 saturated carbocycles. The zero-order valence-electron chi connectivity index (χ0n) is 14.3. The van der Waals surface area contributed by atoms with Crippen molar-refractivity contribution < 1.29 is 20.1 Å². The van der Waals surface area contributed by atoms with Crippen LogP contribution in [0.15, 0.2) is 60.2 Å². The Labute approximate surface area is 175 Å². The SMILES string of the molecule is Cc1cccc(C)c1-c1cc[c-]c(-c2nccn2-c2sccc2Cl)c1.[Ir]. The van der Waals surface area contributed by atoms with Crippen molar-refractivity contribution >= 4 is 22.9 Å². The van der Waals surface area contributed by atoms with E-state index < -0.39 is 0 Å². The molecule has 2 nitrogen and oxygen atoms in total. The minimum Gasteiger partial charge on any atom is -0.330 e. The smallest absolute Gasteiger partial charge is 0.111 e. The molecule has 1 radical (unpaired) electrons. The molecule has 26 heavy (non-hydrogen) atoms. The molecule has 2 aromatic carbocycles. The fraction of sp³-hybridized carbons (Fsp3) is 0.0952. The van der Waals surface area contributed by atoms with Gasteiger partial charge in [0.05, 0.1) is 10.8 Å². The summed E-state index contributed by atoms with van der Waals surface area (Å²) in [4.78, 5) is 4.54. The van der Waals surface area contributed by atoms with Crippen LogP contribution in [0.25, 0.3) is 27.5 Å². The average molecular weight is 556 g/mol. The summed E-state index contributed by atoms with van der Waals surface area (Å²) < 4.78 is 2.02. The third kappa shape index (κ3) is 3.43. The number of nitrogens with zero attached hydrogens (tertiary/aromatic N) is 2. The fourth-order valence-corrected chi connectivity index (χ4v) is 4.28. The molecule has 0 atom stereocenters. The Bertz CT molecular complexity index is 1030. The molecular weight excluding hydrogens is 540 g/mol. The Balaban J connectivity index is 0.00000196. The Hall–Kier alpha value is -1.71. The number of aromatic nitrogens is 2. The van der Waals surface area contributed by atoms with Crippen LogP contribution < -0.4 is 0 Å². The number of thiophene rings is 1. The Morgan fingerprint density at radius 2 is 1.88 bits per heavy atom. The molecule has 0 aliphatic carbocycles. The molecule has 0 spiro atoms. The van der Waals surface area contributed by atoms with E-state index >= 15 is 0 Å². The van der Waals surface area contributed by atoms with Crippen LogP contribution in [-0.2, 0) is 20.1 Å². The normalized spacial score (nSPS) is 10.6. The third-order valence-electron chi connectivity index (χ3n) is 4.27. The summed E-state index contributed by atoms with van der Waals surface area (Å²) in [5.74, 6) is 0.845. The van der Waals surface area contributed by atoms with Gasteiger partial charge in [-0.25, -0.2) is 0 Å². The predicted molar refractivity (Wildman–Crippen MR) is 106 cm³/mol. The number of hydrogen-bond donors (Lipinski definition) is 0. The molecule has 0 unspecified atom stereocenters. The van der Waals surface area contributed by atoms with E-state index in [4.69, 9.17) is 11.6 Å².